The van der Waals surface area contributed by atoms with Crippen LogP contribution in [0.2, 0.25) is 5.02 Å². The number of benzene rings is 3. The Kier molecular flexibility index (Phi) is 7.04. The average Bonchev–Trinajstić information content (AvgIpc) is 2.74. The summed E-state index contributed by atoms with van der Waals surface area (Å²) in [5.41, 5.74) is 4.21. The Morgan fingerprint density at radius 1 is 0.893 bits per heavy atom. The molecule has 0 unspecified atom stereocenters. The third kappa shape index (κ3) is 6.14. The minimum Gasteiger partial charge on any atom is -0.489 e. The highest BCUT2D eigenvalue weighted by Gasteiger charge is 2.03. The molecule has 0 heterocycles. The van der Waals surface area contributed by atoms with E-state index >= 15 is 0 Å². The quantitative estimate of drug-likeness (QED) is 0.453. The molecule has 0 spiro atoms. The molecule has 6 heteroatoms. The van der Waals surface area contributed by atoms with Crippen molar-refractivity contribution in [3.63, 3.8) is 0 Å². The van der Waals surface area contributed by atoms with Gasteiger partial charge in [-0.1, -0.05) is 60.1 Å². The van der Waals surface area contributed by atoms with Gasteiger partial charge in [0.15, 0.2) is 6.61 Å². The van der Waals surface area contributed by atoms with Crippen LogP contribution < -0.4 is 14.9 Å². The van der Waals surface area contributed by atoms with Gasteiger partial charge in [-0.05, 0) is 35.9 Å². The molecule has 0 aromatic heterocycles. The van der Waals surface area contributed by atoms with E-state index in [9.17, 15) is 4.79 Å². The highest BCUT2D eigenvalue weighted by molar-refractivity contribution is 6.33. The summed E-state index contributed by atoms with van der Waals surface area (Å²) >= 11 is 6.01. The number of hydrogen-bond donors (Lipinski definition) is 1. The van der Waals surface area contributed by atoms with Gasteiger partial charge in [0, 0.05) is 10.6 Å². The van der Waals surface area contributed by atoms with E-state index in [1.807, 2.05) is 42.5 Å². The van der Waals surface area contributed by atoms with Crippen LogP contribution in [0.1, 0.15) is 11.1 Å². The zero-order valence-corrected chi connectivity index (χ0v) is 15.8. The molecule has 0 radical (unpaired) electrons. The van der Waals surface area contributed by atoms with E-state index in [0.29, 0.717) is 17.4 Å². The molecule has 3 aromatic carbocycles. The lowest BCUT2D eigenvalue weighted by atomic mass is 10.2. The highest BCUT2D eigenvalue weighted by Crippen LogP contribution is 2.18. The predicted molar refractivity (Wildman–Crippen MR) is 110 cm³/mol. The maximum absolute atomic E-state index is 11.8. The second-order valence-corrected chi connectivity index (χ2v) is 6.26. The van der Waals surface area contributed by atoms with E-state index in [0.717, 1.165) is 16.9 Å². The van der Waals surface area contributed by atoms with E-state index in [1.165, 1.54) is 6.21 Å². The van der Waals surface area contributed by atoms with Gasteiger partial charge in [0.1, 0.15) is 18.1 Å². The van der Waals surface area contributed by atoms with Crippen LogP contribution in [0.3, 0.4) is 0 Å². The van der Waals surface area contributed by atoms with Crippen molar-refractivity contribution >= 4 is 23.7 Å². The van der Waals surface area contributed by atoms with E-state index in [-0.39, 0.29) is 12.5 Å². The molecule has 0 fully saturated rings. The summed E-state index contributed by atoms with van der Waals surface area (Å²) in [6.07, 6.45) is 1.49. The number of nitrogens with zero attached hydrogens (tertiary/aromatic N) is 1. The molecule has 0 aliphatic rings. The van der Waals surface area contributed by atoms with Gasteiger partial charge in [-0.2, -0.15) is 5.10 Å². The van der Waals surface area contributed by atoms with Gasteiger partial charge in [-0.25, -0.2) is 5.43 Å². The van der Waals surface area contributed by atoms with Crippen LogP contribution in [-0.4, -0.2) is 18.7 Å². The third-order valence-electron chi connectivity index (χ3n) is 3.74. The molecule has 3 rings (SSSR count). The minimum atomic E-state index is -0.368. The Morgan fingerprint density at radius 3 is 2.25 bits per heavy atom. The van der Waals surface area contributed by atoms with Gasteiger partial charge in [0.05, 0.1) is 6.21 Å². The Morgan fingerprint density at radius 2 is 1.54 bits per heavy atom. The largest absolute Gasteiger partial charge is 0.489 e. The average molecular weight is 395 g/mol. The second kappa shape index (κ2) is 10.1. The zero-order chi connectivity index (χ0) is 19.6. The fraction of sp³-hybridized carbons (Fsp3) is 0.0909. The fourth-order valence-corrected chi connectivity index (χ4v) is 2.49. The normalized spacial score (nSPS) is 10.6. The van der Waals surface area contributed by atoms with Gasteiger partial charge in [0.2, 0.25) is 0 Å². The van der Waals surface area contributed by atoms with E-state index in [4.69, 9.17) is 21.1 Å². The van der Waals surface area contributed by atoms with E-state index in [2.05, 4.69) is 10.5 Å². The molecule has 0 bridgehead atoms. The van der Waals surface area contributed by atoms with Crippen LogP contribution in [0.4, 0.5) is 0 Å². The fourth-order valence-electron chi connectivity index (χ4n) is 2.31. The van der Waals surface area contributed by atoms with Gasteiger partial charge < -0.3 is 9.47 Å². The van der Waals surface area contributed by atoms with Gasteiger partial charge in [0.25, 0.3) is 5.91 Å². The lowest BCUT2D eigenvalue weighted by molar-refractivity contribution is -0.123. The number of carbonyl (C=O) groups is 1. The summed E-state index contributed by atoms with van der Waals surface area (Å²) in [5.74, 6) is 0.926. The minimum absolute atomic E-state index is 0.149. The Bertz CT molecular complexity index is 928. The first-order valence-electron chi connectivity index (χ1n) is 8.67. The lowest BCUT2D eigenvalue weighted by Crippen LogP contribution is -2.24. The molecular weight excluding hydrogens is 376 g/mol. The number of halogens is 1. The summed E-state index contributed by atoms with van der Waals surface area (Å²) in [5, 5.41) is 4.43. The van der Waals surface area contributed by atoms with Crippen LogP contribution in [0, 0.1) is 0 Å². The molecule has 0 saturated carbocycles. The Balaban J connectivity index is 1.41. The molecule has 0 saturated heterocycles. The number of hydrazone groups is 1. The summed E-state index contributed by atoms with van der Waals surface area (Å²) in [6.45, 7) is 0.344. The van der Waals surface area contributed by atoms with Crippen molar-refractivity contribution in [3.8, 4) is 11.5 Å². The van der Waals surface area contributed by atoms with Gasteiger partial charge in [-0.15, -0.1) is 0 Å². The Labute approximate surface area is 168 Å². The van der Waals surface area contributed by atoms with Crippen molar-refractivity contribution in [1.82, 2.24) is 5.43 Å². The van der Waals surface area contributed by atoms with Crippen molar-refractivity contribution in [2.24, 2.45) is 5.10 Å². The molecule has 1 amide bonds. The predicted octanol–water partition coefficient (Wildman–Crippen LogP) is 4.45. The molecule has 0 aliphatic carbocycles. The molecule has 0 atom stereocenters. The second-order valence-electron chi connectivity index (χ2n) is 5.85. The third-order valence-corrected chi connectivity index (χ3v) is 4.08. The summed E-state index contributed by atoms with van der Waals surface area (Å²) < 4.78 is 11.2. The van der Waals surface area contributed by atoms with Crippen LogP contribution in [0.15, 0.2) is 84.0 Å². The van der Waals surface area contributed by atoms with E-state index < -0.39 is 0 Å². The Hall–Kier alpha value is -3.31. The topological polar surface area (TPSA) is 59.9 Å². The van der Waals surface area contributed by atoms with Crippen molar-refractivity contribution in [1.29, 1.82) is 0 Å². The number of amides is 1. The van der Waals surface area contributed by atoms with Crippen LogP contribution >= 0.6 is 11.6 Å². The van der Waals surface area contributed by atoms with Crippen molar-refractivity contribution in [2.75, 3.05) is 6.61 Å². The standard InChI is InChI=1S/C22H19ClN2O3/c23-21-9-5-4-8-18(21)14-24-25-22(26)16-28-20-12-10-19(11-13-20)27-15-17-6-2-1-3-7-17/h1-14H,15-16H2,(H,25,26)/b24-14+. The summed E-state index contributed by atoms with van der Waals surface area (Å²) in [4.78, 5) is 11.8. The molecule has 142 valence electrons. The molecule has 5 nitrogen and oxygen atoms in total. The van der Waals surface area contributed by atoms with Crippen molar-refractivity contribution in [2.45, 2.75) is 6.61 Å². The van der Waals surface area contributed by atoms with Crippen LogP contribution in [0.25, 0.3) is 0 Å². The number of hydrogen-bond acceptors (Lipinski definition) is 4. The van der Waals surface area contributed by atoms with Gasteiger partial charge >= 0.3 is 0 Å². The molecule has 0 aliphatic heterocycles. The molecular formula is C22H19ClN2O3. The summed E-state index contributed by atoms with van der Waals surface area (Å²) in [7, 11) is 0. The SMILES string of the molecule is O=C(COc1ccc(OCc2ccccc2)cc1)N/N=C/c1ccccc1Cl. The number of nitrogens with one attached hydrogen (secondary N) is 1. The molecule has 28 heavy (non-hydrogen) atoms. The first-order valence-corrected chi connectivity index (χ1v) is 9.04. The lowest BCUT2D eigenvalue weighted by Gasteiger charge is -2.08. The first kappa shape index (κ1) is 19.5. The number of carbonyl (C=O) groups excluding carboxylic acids is 1. The smallest absolute Gasteiger partial charge is 0.277 e. The number of ether oxygens (including phenoxy) is 2. The van der Waals surface area contributed by atoms with Crippen LogP contribution in [-0.2, 0) is 11.4 Å². The van der Waals surface area contributed by atoms with Crippen molar-refractivity contribution < 1.29 is 14.3 Å². The zero-order valence-electron chi connectivity index (χ0n) is 15.0. The summed E-state index contributed by atoms with van der Waals surface area (Å²) in [6, 6.07) is 24.2. The molecule has 3 aromatic rings. The number of rotatable bonds is 8. The van der Waals surface area contributed by atoms with E-state index in [1.54, 1.807) is 36.4 Å². The maximum Gasteiger partial charge on any atom is 0.277 e. The van der Waals surface area contributed by atoms with Gasteiger partial charge in [-0.3, -0.25) is 4.79 Å². The van der Waals surface area contributed by atoms with Crippen molar-refractivity contribution in [3.05, 3.63) is 95.0 Å². The molecule has 1 N–H and O–H groups in total. The van der Waals surface area contributed by atoms with Crippen LogP contribution in [0.5, 0.6) is 11.5 Å². The highest BCUT2D eigenvalue weighted by atomic mass is 35.5. The monoisotopic (exact) mass is 394 g/mol. The first-order chi connectivity index (χ1) is 13.7. The maximum atomic E-state index is 11.8.